The molecule has 0 fully saturated rings. The molecule has 11 heteroatoms. The molecule has 0 aliphatic carbocycles. The molecule has 5 nitrogen and oxygen atoms in total. The molecule has 3 N–H and O–H groups in total. The third-order valence-corrected chi connectivity index (χ3v) is 4.34. The van der Waals surface area contributed by atoms with Gasteiger partial charge in [0.25, 0.3) is 0 Å². The van der Waals surface area contributed by atoms with Crippen LogP contribution in [-0.4, -0.2) is 21.2 Å². The molecular formula is C20H25F5N4OS. The lowest BCUT2D eigenvalue weighted by molar-refractivity contribution is -0.137. The predicted molar refractivity (Wildman–Crippen MR) is 114 cm³/mol. The number of alkyl halides is 5. The predicted octanol–water partition coefficient (Wildman–Crippen LogP) is 5.90. The van der Waals surface area contributed by atoms with Crippen LogP contribution < -0.4 is 11.4 Å². The van der Waals surface area contributed by atoms with E-state index in [0.29, 0.717) is 11.3 Å². The molecule has 1 heterocycles. The number of hydrogen-bond donors (Lipinski definition) is 2. The normalized spacial score (nSPS) is 11.2. The number of aromatic amines is 1. The Hall–Kier alpha value is -2.82. The number of hydrogen-bond acceptors (Lipinski definition) is 4. The number of halogens is 5. The van der Waals surface area contributed by atoms with Crippen LogP contribution in [-0.2, 0) is 6.18 Å². The molecule has 0 aliphatic rings. The number of aromatic nitrogens is 3. The van der Waals surface area contributed by atoms with Gasteiger partial charge in [-0.25, -0.2) is 23.2 Å². The zero-order valence-electron chi connectivity index (χ0n) is 17.3. The highest BCUT2D eigenvalue weighted by atomic mass is 32.2. The number of rotatable bonds is 5. The maximum Gasteiger partial charge on any atom is 0.418 e. The van der Waals surface area contributed by atoms with Crippen LogP contribution in [0.25, 0.3) is 5.69 Å². The van der Waals surface area contributed by atoms with E-state index in [4.69, 9.17) is 5.73 Å². The van der Waals surface area contributed by atoms with E-state index in [-0.39, 0.29) is 10.8 Å². The first-order valence-electron chi connectivity index (χ1n) is 8.87. The smallest absolute Gasteiger partial charge is 0.404 e. The Kier molecular flexibility index (Phi) is 12.3. The molecule has 0 saturated heterocycles. The zero-order valence-corrected chi connectivity index (χ0v) is 18.2. The van der Waals surface area contributed by atoms with E-state index in [9.17, 15) is 26.7 Å². The van der Waals surface area contributed by atoms with E-state index in [1.165, 1.54) is 24.4 Å². The van der Waals surface area contributed by atoms with Crippen LogP contribution in [0.3, 0.4) is 0 Å². The number of nitrogens with two attached hydrogens (primary N) is 1. The summed E-state index contributed by atoms with van der Waals surface area (Å²) in [6.45, 7) is 11.6. The van der Waals surface area contributed by atoms with Crippen LogP contribution in [0.15, 0.2) is 70.1 Å². The van der Waals surface area contributed by atoms with Crippen molar-refractivity contribution in [2.45, 2.75) is 45.0 Å². The van der Waals surface area contributed by atoms with Gasteiger partial charge in [-0.15, -0.1) is 5.10 Å². The molecular weight excluding hydrogens is 439 g/mol. The highest BCUT2D eigenvalue weighted by Crippen LogP contribution is 2.35. The molecule has 0 atom stereocenters. The van der Waals surface area contributed by atoms with Gasteiger partial charge in [0.2, 0.25) is 11.6 Å². The van der Waals surface area contributed by atoms with Crippen molar-refractivity contribution in [1.29, 1.82) is 0 Å². The Balaban J connectivity index is 0.000000846. The van der Waals surface area contributed by atoms with Gasteiger partial charge < -0.3 is 5.73 Å². The summed E-state index contributed by atoms with van der Waals surface area (Å²) in [5.41, 5.74) is 4.53. The topological polar surface area (TPSA) is 76.7 Å². The summed E-state index contributed by atoms with van der Waals surface area (Å²) in [6.07, 6.45) is -3.11. The molecule has 0 spiro atoms. The lowest BCUT2D eigenvalue weighted by Crippen LogP contribution is -2.20. The van der Waals surface area contributed by atoms with Crippen molar-refractivity contribution in [3.63, 3.8) is 0 Å². The summed E-state index contributed by atoms with van der Waals surface area (Å²) < 4.78 is 60.9. The number of nitrogens with zero attached hydrogens (tertiary/aromatic N) is 2. The molecule has 0 unspecified atom stereocenters. The van der Waals surface area contributed by atoms with Gasteiger partial charge in [0.05, 0.1) is 11.3 Å². The third kappa shape index (κ3) is 10.2. The van der Waals surface area contributed by atoms with Gasteiger partial charge in [-0.1, -0.05) is 55.6 Å². The number of H-pyrrole nitrogens is 1. The van der Waals surface area contributed by atoms with Gasteiger partial charge in [-0.3, -0.25) is 0 Å². The van der Waals surface area contributed by atoms with Gasteiger partial charge in [0, 0.05) is 11.1 Å². The Morgan fingerprint density at radius 1 is 1.35 bits per heavy atom. The number of benzene rings is 1. The van der Waals surface area contributed by atoms with Gasteiger partial charge in [-0.05, 0) is 32.4 Å². The third-order valence-electron chi connectivity index (χ3n) is 3.20. The van der Waals surface area contributed by atoms with Crippen LogP contribution in [0.1, 0.15) is 32.8 Å². The molecule has 0 radical (unpaired) electrons. The fourth-order valence-electron chi connectivity index (χ4n) is 1.81. The Morgan fingerprint density at radius 3 is 2.29 bits per heavy atom. The molecule has 0 aliphatic heterocycles. The first-order chi connectivity index (χ1) is 14.4. The fraction of sp³-hybridized carbons (Fsp3) is 0.300. The summed E-state index contributed by atoms with van der Waals surface area (Å²) in [7, 11) is 0. The molecule has 1 aromatic carbocycles. The SMILES string of the molecule is C=CC(=C)C.CC(F)F.CC/C(=C/N)Sc1n[nH]c(=O)n1-c1ccccc1C(F)(F)F. The van der Waals surface area contributed by atoms with Crippen LogP contribution in [0, 0.1) is 0 Å². The maximum atomic E-state index is 13.1. The monoisotopic (exact) mass is 464 g/mol. The van der Waals surface area contributed by atoms with E-state index in [2.05, 4.69) is 23.4 Å². The Morgan fingerprint density at radius 2 is 1.87 bits per heavy atom. The average molecular weight is 465 g/mol. The minimum atomic E-state index is -4.58. The van der Waals surface area contributed by atoms with Crippen LogP contribution in [0.2, 0.25) is 0 Å². The zero-order chi connectivity index (χ0) is 24.2. The Bertz CT molecular complexity index is 929. The minimum absolute atomic E-state index is 0.0975. The fourth-order valence-corrected chi connectivity index (χ4v) is 2.62. The molecule has 0 amide bonds. The van der Waals surface area contributed by atoms with Crippen molar-refractivity contribution in [1.82, 2.24) is 14.8 Å². The summed E-state index contributed by atoms with van der Waals surface area (Å²) in [5.74, 6) is 0. The molecule has 31 heavy (non-hydrogen) atoms. The molecule has 2 aromatic rings. The van der Waals surface area contributed by atoms with E-state index >= 15 is 0 Å². The Labute approximate surface area is 181 Å². The lowest BCUT2D eigenvalue weighted by Gasteiger charge is -2.13. The molecule has 2 rings (SSSR count). The van der Waals surface area contributed by atoms with Gasteiger partial charge in [0.1, 0.15) is 0 Å². The van der Waals surface area contributed by atoms with Crippen molar-refractivity contribution in [2.75, 3.05) is 0 Å². The summed E-state index contributed by atoms with van der Waals surface area (Å²) >= 11 is 1.04. The maximum absolute atomic E-state index is 13.1. The molecule has 0 bridgehead atoms. The first-order valence-corrected chi connectivity index (χ1v) is 9.69. The number of allylic oxidation sites excluding steroid dienone is 3. The van der Waals surface area contributed by atoms with E-state index in [1.54, 1.807) is 6.08 Å². The van der Waals surface area contributed by atoms with Crippen LogP contribution >= 0.6 is 11.8 Å². The van der Waals surface area contributed by atoms with Gasteiger partial charge in [-0.2, -0.15) is 13.2 Å². The largest absolute Gasteiger partial charge is 0.418 e. The van der Waals surface area contributed by atoms with Gasteiger partial charge >= 0.3 is 11.9 Å². The van der Waals surface area contributed by atoms with Crippen LogP contribution in [0.4, 0.5) is 22.0 Å². The van der Waals surface area contributed by atoms with Crippen molar-refractivity contribution >= 4 is 11.8 Å². The van der Waals surface area contributed by atoms with Crippen LogP contribution in [0.5, 0.6) is 0 Å². The highest BCUT2D eigenvalue weighted by molar-refractivity contribution is 8.02. The van der Waals surface area contributed by atoms with Crippen molar-refractivity contribution < 1.29 is 22.0 Å². The first kappa shape index (κ1) is 28.2. The number of nitrogens with one attached hydrogen (secondary N) is 1. The van der Waals surface area contributed by atoms with Crippen molar-refractivity contribution in [3.05, 3.63) is 76.2 Å². The average Bonchev–Trinajstić information content (AvgIpc) is 3.05. The molecule has 0 saturated carbocycles. The second-order valence-electron chi connectivity index (χ2n) is 5.82. The standard InChI is InChI=1S/C13H13F3N4OS.C5H8.C2H4F2/c1-2-8(7-17)22-12-19-18-11(21)20(12)10-6-4-3-5-9(10)13(14,15)16;1-4-5(2)3;1-2(3)4/h3-7H,2,17H2,1H3,(H,18,21);4H,1-2H2,3H3;2H,1H3/b8-7-;;. The summed E-state index contributed by atoms with van der Waals surface area (Å²) in [5, 5.41) is 6.04. The number of para-hydroxylation sites is 1. The van der Waals surface area contributed by atoms with Crippen molar-refractivity contribution in [3.8, 4) is 5.69 Å². The minimum Gasteiger partial charge on any atom is -0.404 e. The quantitative estimate of drug-likeness (QED) is 0.328. The molecule has 172 valence electrons. The van der Waals surface area contributed by atoms with Gasteiger partial charge in [0.15, 0.2) is 0 Å². The number of thioether (sulfide) groups is 1. The lowest BCUT2D eigenvalue weighted by atomic mass is 10.1. The van der Waals surface area contributed by atoms with E-state index in [0.717, 1.165) is 34.9 Å². The highest BCUT2D eigenvalue weighted by Gasteiger charge is 2.34. The summed E-state index contributed by atoms with van der Waals surface area (Å²) in [6, 6.07) is 4.84. The second kappa shape index (κ2) is 13.5. The molecule has 1 aromatic heterocycles. The summed E-state index contributed by atoms with van der Waals surface area (Å²) in [4.78, 5) is 12.6. The second-order valence-corrected chi connectivity index (χ2v) is 6.91. The van der Waals surface area contributed by atoms with E-state index < -0.39 is 23.9 Å². The van der Waals surface area contributed by atoms with E-state index in [1.807, 2.05) is 13.8 Å². The van der Waals surface area contributed by atoms with Crippen molar-refractivity contribution in [2.24, 2.45) is 5.73 Å².